The highest BCUT2D eigenvalue weighted by Crippen LogP contribution is 2.20. The van der Waals surface area contributed by atoms with E-state index in [1.807, 2.05) is 25.1 Å². The summed E-state index contributed by atoms with van der Waals surface area (Å²) in [6.07, 6.45) is 4.84. The molecule has 0 radical (unpaired) electrons. The average Bonchev–Trinajstić information content (AvgIpc) is 2.96. The van der Waals surface area contributed by atoms with E-state index in [4.69, 9.17) is 0 Å². The third-order valence-corrected chi connectivity index (χ3v) is 3.76. The minimum atomic E-state index is -0.251. The zero-order valence-electron chi connectivity index (χ0n) is 13.9. The number of nitrogens with zero attached hydrogens (tertiary/aromatic N) is 3. The molecule has 0 aliphatic carbocycles. The number of rotatable bonds is 5. The Bertz CT molecular complexity index is 855. The second-order valence-electron chi connectivity index (χ2n) is 5.69. The molecular weight excluding hydrogens is 302 g/mol. The highest BCUT2D eigenvalue weighted by molar-refractivity contribution is 5.92. The Morgan fingerprint density at radius 2 is 2.12 bits per heavy atom. The Hall–Kier alpha value is -2.89. The number of hydrogen-bond acceptors (Lipinski definition) is 3. The quantitative estimate of drug-likeness (QED) is 0.755. The normalized spacial score (nSPS) is 10.8. The first-order chi connectivity index (χ1) is 11.7. The monoisotopic (exact) mass is 323 g/mol. The summed E-state index contributed by atoms with van der Waals surface area (Å²) in [5.41, 5.74) is 2.68. The molecule has 6 nitrogen and oxygen atoms in total. The first kappa shape index (κ1) is 16.0. The molecule has 0 saturated carbocycles. The fourth-order valence-corrected chi connectivity index (χ4v) is 2.65. The highest BCUT2D eigenvalue weighted by atomic mass is 16.2. The van der Waals surface area contributed by atoms with E-state index in [9.17, 15) is 4.79 Å². The molecule has 0 atom stereocenters. The van der Waals surface area contributed by atoms with Crippen molar-refractivity contribution in [2.24, 2.45) is 0 Å². The lowest BCUT2D eigenvalue weighted by Crippen LogP contribution is -2.28. The van der Waals surface area contributed by atoms with Gasteiger partial charge in [0.15, 0.2) is 0 Å². The Morgan fingerprint density at radius 1 is 1.25 bits per heavy atom. The Kier molecular flexibility index (Phi) is 4.74. The Morgan fingerprint density at radius 3 is 2.92 bits per heavy atom. The third-order valence-electron chi connectivity index (χ3n) is 3.76. The molecule has 0 unspecified atom stereocenters. The van der Waals surface area contributed by atoms with E-state index >= 15 is 0 Å². The molecular formula is C18H21N5O. The van der Waals surface area contributed by atoms with Crippen LogP contribution in [-0.2, 0) is 13.1 Å². The number of anilines is 1. The number of urea groups is 1. The summed E-state index contributed by atoms with van der Waals surface area (Å²) in [6, 6.07) is 9.56. The molecule has 0 spiro atoms. The summed E-state index contributed by atoms with van der Waals surface area (Å²) in [5, 5.41) is 6.85. The van der Waals surface area contributed by atoms with E-state index in [0.29, 0.717) is 12.4 Å². The van der Waals surface area contributed by atoms with E-state index in [1.165, 1.54) is 5.39 Å². The standard InChI is InChI=1S/C18H21N5O/c1-3-9-23-10-7-14-4-5-15(11-17(14)23)22-18(24)20-12-16-6-8-19-13(2)21-16/h4-8,10-11H,3,9,12H2,1-2H3,(H2,20,22,24). The van der Waals surface area contributed by atoms with Gasteiger partial charge in [-0.05, 0) is 43.0 Å². The smallest absolute Gasteiger partial charge is 0.319 e. The third kappa shape index (κ3) is 3.71. The topological polar surface area (TPSA) is 71.8 Å². The second-order valence-corrected chi connectivity index (χ2v) is 5.69. The van der Waals surface area contributed by atoms with Crippen LogP contribution in [0.4, 0.5) is 10.5 Å². The van der Waals surface area contributed by atoms with Crippen molar-refractivity contribution in [2.45, 2.75) is 33.4 Å². The predicted octanol–water partition coefficient (Wildman–Crippen LogP) is 3.47. The zero-order valence-corrected chi connectivity index (χ0v) is 13.9. The summed E-state index contributed by atoms with van der Waals surface area (Å²) >= 11 is 0. The fourth-order valence-electron chi connectivity index (χ4n) is 2.65. The van der Waals surface area contributed by atoms with Crippen LogP contribution in [0.15, 0.2) is 42.7 Å². The SMILES string of the molecule is CCCn1ccc2ccc(NC(=O)NCc3ccnc(C)n3)cc21. The van der Waals surface area contributed by atoms with E-state index in [2.05, 4.69) is 44.4 Å². The minimum absolute atomic E-state index is 0.251. The molecule has 2 amide bonds. The number of hydrogen-bond donors (Lipinski definition) is 2. The summed E-state index contributed by atoms with van der Waals surface area (Å²) in [6.45, 7) is 5.30. The molecule has 2 aromatic heterocycles. The van der Waals surface area contributed by atoms with Gasteiger partial charge >= 0.3 is 6.03 Å². The van der Waals surface area contributed by atoms with Crippen molar-refractivity contribution in [3.63, 3.8) is 0 Å². The predicted molar refractivity (Wildman–Crippen MR) is 94.9 cm³/mol. The van der Waals surface area contributed by atoms with Crippen LogP contribution in [0.1, 0.15) is 24.9 Å². The number of fused-ring (bicyclic) bond motifs is 1. The lowest BCUT2D eigenvalue weighted by molar-refractivity contribution is 0.251. The minimum Gasteiger partial charge on any atom is -0.347 e. The van der Waals surface area contributed by atoms with Crippen molar-refractivity contribution in [3.8, 4) is 0 Å². The zero-order chi connectivity index (χ0) is 16.9. The molecule has 2 N–H and O–H groups in total. The molecule has 124 valence electrons. The molecule has 1 aromatic carbocycles. The summed E-state index contributed by atoms with van der Waals surface area (Å²) in [7, 11) is 0. The maximum absolute atomic E-state index is 12.1. The molecule has 0 aliphatic heterocycles. The van der Waals surface area contributed by atoms with Crippen LogP contribution in [0.5, 0.6) is 0 Å². The van der Waals surface area contributed by atoms with Crippen molar-refractivity contribution in [2.75, 3.05) is 5.32 Å². The van der Waals surface area contributed by atoms with Gasteiger partial charge < -0.3 is 15.2 Å². The van der Waals surface area contributed by atoms with Gasteiger partial charge in [0.2, 0.25) is 0 Å². The number of amides is 2. The van der Waals surface area contributed by atoms with Gasteiger partial charge in [-0.1, -0.05) is 13.0 Å². The summed E-state index contributed by atoms with van der Waals surface area (Å²) in [4.78, 5) is 20.4. The molecule has 3 rings (SSSR count). The van der Waals surface area contributed by atoms with Crippen LogP contribution >= 0.6 is 0 Å². The maximum atomic E-state index is 12.1. The number of aromatic nitrogens is 3. The van der Waals surface area contributed by atoms with Gasteiger partial charge in [-0.25, -0.2) is 14.8 Å². The molecule has 0 fully saturated rings. The van der Waals surface area contributed by atoms with Gasteiger partial charge in [0.05, 0.1) is 17.8 Å². The molecule has 6 heteroatoms. The van der Waals surface area contributed by atoms with Crippen LogP contribution in [0.3, 0.4) is 0 Å². The summed E-state index contributed by atoms with van der Waals surface area (Å²) in [5.74, 6) is 0.692. The molecule has 24 heavy (non-hydrogen) atoms. The lowest BCUT2D eigenvalue weighted by Gasteiger charge is -2.09. The second kappa shape index (κ2) is 7.12. The first-order valence-corrected chi connectivity index (χ1v) is 8.08. The van der Waals surface area contributed by atoms with Gasteiger partial charge in [-0.15, -0.1) is 0 Å². The Labute approximate surface area is 140 Å². The van der Waals surface area contributed by atoms with E-state index in [0.717, 1.165) is 29.9 Å². The molecule has 3 aromatic rings. The number of benzene rings is 1. The number of nitrogens with one attached hydrogen (secondary N) is 2. The number of aryl methyl sites for hydroxylation is 2. The Balaban J connectivity index is 1.65. The van der Waals surface area contributed by atoms with Gasteiger partial charge in [0.25, 0.3) is 0 Å². The number of carbonyl (C=O) groups is 1. The van der Waals surface area contributed by atoms with Gasteiger partial charge in [0.1, 0.15) is 5.82 Å². The van der Waals surface area contributed by atoms with Gasteiger partial charge in [0, 0.05) is 24.6 Å². The van der Waals surface area contributed by atoms with Crippen LogP contribution in [0, 0.1) is 6.92 Å². The number of carbonyl (C=O) groups excluding carboxylic acids is 1. The van der Waals surface area contributed by atoms with Crippen molar-refractivity contribution >= 4 is 22.6 Å². The van der Waals surface area contributed by atoms with Crippen LogP contribution in [-0.4, -0.2) is 20.6 Å². The van der Waals surface area contributed by atoms with Crippen molar-refractivity contribution in [3.05, 3.63) is 54.2 Å². The molecule has 0 bridgehead atoms. The van der Waals surface area contributed by atoms with E-state index < -0.39 is 0 Å². The molecule has 0 saturated heterocycles. The van der Waals surface area contributed by atoms with Gasteiger partial charge in [-0.2, -0.15) is 0 Å². The highest BCUT2D eigenvalue weighted by Gasteiger charge is 2.06. The van der Waals surface area contributed by atoms with Crippen LogP contribution in [0.25, 0.3) is 10.9 Å². The van der Waals surface area contributed by atoms with Crippen molar-refractivity contribution < 1.29 is 4.79 Å². The van der Waals surface area contributed by atoms with Crippen LogP contribution < -0.4 is 10.6 Å². The van der Waals surface area contributed by atoms with E-state index in [-0.39, 0.29) is 6.03 Å². The van der Waals surface area contributed by atoms with Crippen LogP contribution in [0.2, 0.25) is 0 Å². The first-order valence-electron chi connectivity index (χ1n) is 8.08. The lowest BCUT2D eigenvalue weighted by atomic mass is 10.2. The maximum Gasteiger partial charge on any atom is 0.319 e. The van der Waals surface area contributed by atoms with Crippen molar-refractivity contribution in [1.29, 1.82) is 0 Å². The fraction of sp³-hybridized carbons (Fsp3) is 0.278. The molecule has 0 aliphatic rings. The largest absolute Gasteiger partial charge is 0.347 e. The van der Waals surface area contributed by atoms with Gasteiger partial charge in [-0.3, -0.25) is 0 Å². The summed E-state index contributed by atoms with van der Waals surface area (Å²) < 4.78 is 2.20. The van der Waals surface area contributed by atoms with E-state index in [1.54, 1.807) is 12.3 Å². The molecule has 2 heterocycles. The van der Waals surface area contributed by atoms with Crippen molar-refractivity contribution in [1.82, 2.24) is 19.9 Å². The average molecular weight is 323 g/mol.